The molecule has 2 amide bonds. The van der Waals surface area contributed by atoms with Gasteiger partial charge in [0.2, 0.25) is 0 Å². The third kappa shape index (κ3) is 8.45. The Bertz CT molecular complexity index is 809. The first kappa shape index (κ1) is 23.7. The Morgan fingerprint density at radius 1 is 1.03 bits per heavy atom. The van der Waals surface area contributed by atoms with Crippen molar-refractivity contribution in [2.75, 3.05) is 6.54 Å². The molecular formula is C20H27N5O4. The fraction of sp³-hybridized carbons (Fsp3) is 0.500. The predicted octanol–water partition coefficient (Wildman–Crippen LogP) is 5.15. The molecule has 0 spiro atoms. The van der Waals surface area contributed by atoms with Gasteiger partial charge in [0.25, 0.3) is 0 Å². The van der Waals surface area contributed by atoms with Gasteiger partial charge in [-0.15, -0.1) is 6.42 Å². The number of hydrogen-bond donors (Lipinski definition) is 0. The van der Waals surface area contributed by atoms with E-state index >= 15 is 0 Å². The first-order chi connectivity index (χ1) is 13.4. The summed E-state index contributed by atoms with van der Waals surface area (Å²) in [5, 5.41) is 5.64. The van der Waals surface area contributed by atoms with Gasteiger partial charge in [0.1, 0.15) is 17.7 Å². The van der Waals surface area contributed by atoms with Crippen LogP contribution < -0.4 is 0 Å². The average Bonchev–Trinajstić information content (AvgIpc) is 2.56. The Morgan fingerprint density at radius 3 is 1.93 bits per heavy atom. The van der Waals surface area contributed by atoms with Crippen molar-refractivity contribution in [2.24, 2.45) is 5.11 Å². The van der Waals surface area contributed by atoms with Crippen molar-refractivity contribution in [1.29, 1.82) is 0 Å². The van der Waals surface area contributed by atoms with Gasteiger partial charge < -0.3 is 9.47 Å². The lowest BCUT2D eigenvalue weighted by atomic mass is 10.2. The number of carbonyl (C=O) groups is 2. The second-order valence-corrected chi connectivity index (χ2v) is 8.14. The summed E-state index contributed by atoms with van der Waals surface area (Å²) < 4.78 is 10.8. The van der Waals surface area contributed by atoms with E-state index in [0.717, 1.165) is 10.0 Å². The van der Waals surface area contributed by atoms with Crippen LogP contribution in [0.25, 0.3) is 10.4 Å². The number of hydrazine groups is 1. The molecule has 0 radical (unpaired) electrons. The molecule has 9 heteroatoms. The Labute approximate surface area is 171 Å². The second kappa shape index (κ2) is 9.71. The van der Waals surface area contributed by atoms with Crippen molar-refractivity contribution in [2.45, 2.75) is 59.3 Å². The molecule has 0 heterocycles. The number of benzene rings is 1. The fourth-order valence-electron chi connectivity index (χ4n) is 2.11. The molecule has 0 N–H and O–H groups in total. The minimum atomic E-state index is -0.781. The molecule has 0 aliphatic rings. The zero-order chi connectivity index (χ0) is 22.2. The molecule has 0 fully saturated rings. The monoisotopic (exact) mass is 401 g/mol. The topological polar surface area (TPSA) is 108 Å². The van der Waals surface area contributed by atoms with E-state index in [1.807, 2.05) is 0 Å². The van der Waals surface area contributed by atoms with Crippen LogP contribution in [0.5, 0.6) is 0 Å². The summed E-state index contributed by atoms with van der Waals surface area (Å²) in [6.45, 7) is 10.1. The second-order valence-electron chi connectivity index (χ2n) is 8.14. The first-order valence-electron chi connectivity index (χ1n) is 8.95. The molecule has 0 atom stereocenters. The van der Waals surface area contributed by atoms with Crippen LogP contribution >= 0.6 is 0 Å². The molecule has 0 saturated heterocycles. The van der Waals surface area contributed by atoms with Crippen LogP contribution in [0, 0.1) is 12.3 Å². The van der Waals surface area contributed by atoms with Gasteiger partial charge in [-0.25, -0.2) is 19.6 Å². The van der Waals surface area contributed by atoms with Crippen molar-refractivity contribution in [3.8, 4) is 12.3 Å². The first-order valence-corrected chi connectivity index (χ1v) is 8.95. The quantitative estimate of drug-likeness (QED) is 0.228. The van der Waals surface area contributed by atoms with Gasteiger partial charge in [0.05, 0.1) is 6.54 Å². The highest BCUT2D eigenvalue weighted by atomic mass is 16.6. The van der Waals surface area contributed by atoms with E-state index in [0.29, 0.717) is 11.3 Å². The molecule has 156 valence electrons. The molecule has 0 saturated carbocycles. The lowest BCUT2D eigenvalue weighted by molar-refractivity contribution is -0.0612. The highest BCUT2D eigenvalue weighted by Gasteiger charge is 2.32. The molecule has 0 aromatic heterocycles. The van der Waals surface area contributed by atoms with Crippen LogP contribution in [0.4, 0.5) is 15.3 Å². The maximum Gasteiger partial charge on any atom is 0.430 e. The zero-order valence-corrected chi connectivity index (χ0v) is 17.7. The van der Waals surface area contributed by atoms with Gasteiger partial charge in [-0.1, -0.05) is 35.3 Å². The van der Waals surface area contributed by atoms with Crippen molar-refractivity contribution >= 4 is 17.9 Å². The van der Waals surface area contributed by atoms with E-state index in [9.17, 15) is 9.59 Å². The maximum atomic E-state index is 12.8. The third-order valence-electron chi connectivity index (χ3n) is 3.17. The Balaban J connectivity index is 3.25. The van der Waals surface area contributed by atoms with Gasteiger partial charge in [-0.05, 0) is 52.6 Å². The molecular weight excluding hydrogens is 374 g/mol. The van der Waals surface area contributed by atoms with Crippen molar-refractivity contribution < 1.29 is 19.1 Å². The fourth-order valence-corrected chi connectivity index (χ4v) is 2.11. The number of terminal acetylenes is 1. The smallest absolute Gasteiger partial charge is 0.430 e. The Morgan fingerprint density at radius 2 is 1.52 bits per heavy atom. The number of hydrogen-bond acceptors (Lipinski definition) is 5. The van der Waals surface area contributed by atoms with Gasteiger partial charge in [-0.3, -0.25) is 0 Å². The van der Waals surface area contributed by atoms with Crippen molar-refractivity contribution in [3.63, 3.8) is 0 Å². The Hall–Kier alpha value is -3.37. The van der Waals surface area contributed by atoms with Crippen molar-refractivity contribution in [1.82, 2.24) is 10.0 Å². The maximum absolute atomic E-state index is 12.8. The van der Waals surface area contributed by atoms with E-state index in [1.165, 1.54) is 0 Å². The van der Waals surface area contributed by atoms with Gasteiger partial charge in [0, 0.05) is 10.6 Å². The molecule has 0 bridgehead atoms. The summed E-state index contributed by atoms with van der Waals surface area (Å²) in [5.74, 6) is 2.36. The summed E-state index contributed by atoms with van der Waals surface area (Å²) in [7, 11) is 0. The van der Waals surface area contributed by atoms with Gasteiger partial charge in [0.15, 0.2) is 0 Å². The normalized spacial score (nSPS) is 10.9. The number of azide groups is 1. The molecule has 0 aliphatic carbocycles. The van der Waals surface area contributed by atoms with Crippen LogP contribution in [0.3, 0.4) is 0 Å². The van der Waals surface area contributed by atoms with Crippen LogP contribution in [0.1, 0.15) is 47.1 Å². The van der Waals surface area contributed by atoms with E-state index in [1.54, 1.807) is 65.8 Å². The number of amides is 2. The minimum Gasteiger partial charge on any atom is -0.442 e. The van der Waals surface area contributed by atoms with Crippen LogP contribution in [0.15, 0.2) is 29.4 Å². The van der Waals surface area contributed by atoms with Crippen LogP contribution in [-0.4, -0.2) is 40.0 Å². The van der Waals surface area contributed by atoms with E-state index in [2.05, 4.69) is 15.9 Å². The molecule has 1 aromatic rings. The van der Waals surface area contributed by atoms with Crippen LogP contribution in [0.2, 0.25) is 0 Å². The minimum absolute atomic E-state index is 0.00756. The molecule has 29 heavy (non-hydrogen) atoms. The lowest BCUT2D eigenvalue weighted by Gasteiger charge is -2.35. The molecule has 9 nitrogen and oxygen atoms in total. The van der Waals surface area contributed by atoms with Crippen molar-refractivity contribution in [3.05, 3.63) is 40.3 Å². The largest absolute Gasteiger partial charge is 0.442 e. The van der Waals surface area contributed by atoms with E-state index in [-0.39, 0.29) is 13.1 Å². The summed E-state index contributed by atoms with van der Waals surface area (Å²) in [5.41, 5.74) is 8.04. The average molecular weight is 401 g/mol. The molecule has 0 unspecified atom stereocenters. The molecule has 1 aromatic carbocycles. The standard InChI is InChI=1S/C20H27N5O4/c1-8-13-24(17(26)28-19(2,3)4)25(18(27)29-20(5,6)7)14-15-9-11-16(12-10-15)22-23-21/h1,9-12H,13-14H2,2-7H3. The van der Waals surface area contributed by atoms with Gasteiger partial charge >= 0.3 is 12.2 Å². The summed E-state index contributed by atoms with van der Waals surface area (Å²) in [6.07, 6.45) is 3.89. The third-order valence-corrected chi connectivity index (χ3v) is 3.17. The summed E-state index contributed by atoms with van der Waals surface area (Å²) in [6, 6.07) is 6.54. The highest BCUT2D eigenvalue weighted by molar-refractivity contribution is 5.75. The zero-order valence-electron chi connectivity index (χ0n) is 17.7. The van der Waals surface area contributed by atoms with Gasteiger partial charge in [-0.2, -0.15) is 0 Å². The number of rotatable bonds is 4. The number of ether oxygens (including phenoxy) is 2. The number of nitrogens with zero attached hydrogens (tertiary/aromatic N) is 5. The molecule has 1 rings (SSSR count). The summed E-state index contributed by atoms with van der Waals surface area (Å²) in [4.78, 5) is 28.3. The lowest BCUT2D eigenvalue weighted by Crippen LogP contribution is -2.52. The number of carbonyl (C=O) groups excluding carboxylic acids is 2. The Kier molecular flexibility index (Phi) is 7.93. The predicted molar refractivity (Wildman–Crippen MR) is 109 cm³/mol. The molecule has 0 aliphatic heterocycles. The van der Waals surface area contributed by atoms with Crippen LogP contribution in [-0.2, 0) is 16.0 Å². The summed E-state index contributed by atoms with van der Waals surface area (Å²) >= 11 is 0. The highest BCUT2D eigenvalue weighted by Crippen LogP contribution is 2.20. The van der Waals surface area contributed by atoms with E-state index in [4.69, 9.17) is 21.4 Å². The SMILES string of the molecule is C#CCN(C(=O)OC(C)(C)C)N(Cc1ccc(N=[N+]=[N-])cc1)C(=O)OC(C)(C)C. The van der Waals surface area contributed by atoms with E-state index < -0.39 is 23.4 Å².